The lowest BCUT2D eigenvalue weighted by Gasteiger charge is -2.15. The maximum atomic E-state index is 12.7. The highest BCUT2D eigenvalue weighted by Crippen LogP contribution is 2.35. The first-order valence-corrected chi connectivity index (χ1v) is 12.0. The van der Waals surface area contributed by atoms with Crippen molar-refractivity contribution in [3.05, 3.63) is 91.6 Å². The summed E-state index contributed by atoms with van der Waals surface area (Å²) in [6.45, 7) is 8.80. The van der Waals surface area contributed by atoms with Crippen molar-refractivity contribution in [3.8, 4) is 17.6 Å². The fraction of sp³-hybridized carbons (Fsp3) is 0.214. The van der Waals surface area contributed by atoms with Gasteiger partial charge in [-0.05, 0) is 103 Å². The zero-order chi connectivity index (χ0) is 24.7. The summed E-state index contributed by atoms with van der Waals surface area (Å²) in [6, 6.07) is 19.5. The third kappa shape index (κ3) is 6.61. The smallest absolute Gasteiger partial charge is 0.266 e. The second kappa shape index (κ2) is 11.7. The molecule has 0 radical (unpaired) electrons. The highest BCUT2D eigenvalue weighted by Gasteiger charge is 2.15. The number of amides is 1. The first-order valence-electron chi connectivity index (χ1n) is 11.0. The molecule has 3 aromatic rings. The zero-order valence-electron chi connectivity index (χ0n) is 19.7. The number of hydrogen-bond acceptors (Lipinski definition) is 4. The molecular formula is C28H27IN2O3. The number of rotatable bonds is 8. The van der Waals surface area contributed by atoms with Crippen molar-refractivity contribution in [1.29, 1.82) is 5.26 Å². The topological polar surface area (TPSA) is 71.3 Å². The summed E-state index contributed by atoms with van der Waals surface area (Å²) in [7, 11) is 0. The number of nitrogens with one attached hydrogen (secondary N) is 1. The minimum Gasteiger partial charge on any atom is -0.490 e. The van der Waals surface area contributed by atoms with Gasteiger partial charge in [0, 0.05) is 5.69 Å². The van der Waals surface area contributed by atoms with E-state index in [-0.39, 0.29) is 5.57 Å². The Morgan fingerprint density at radius 1 is 1.06 bits per heavy atom. The van der Waals surface area contributed by atoms with Crippen LogP contribution in [0.1, 0.15) is 34.7 Å². The number of nitriles is 1. The Balaban J connectivity index is 1.85. The van der Waals surface area contributed by atoms with E-state index in [2.05, 4.69) is 34.0 Å². The molecule has 0 atom stereocenters. The van der Waals surface area contributed by atoms with E-state index in [4.69, 9.17) is 9.47 Å². The van der Waals surface area contributed by atoms with Crippen LogP contribution in [0.5, 0.6) is 11.5 Å². The van der Waals surface area contributed by atoms with E-state index in [0.717, 1.165) is 20.3 Å². The molecule has 1 amide bonds. The van der Waals surface area contributed by atoms with Crippen molar-refractivity contribution in [2.24, 2.45) is 0 Å². The molecule has 34 heavy (non-hydrogen) atoms. The molecule has 0 saturated carbocycles. The number of ether oxygens (including phenoxy) is 2. The van der Waals surface area contributed by atoms with Gasteiger partial charge in [0.15, 0.2) is 11.5 Å². The van der Waals surface area contributed by atoms with Crippen molar-refractivity contribution in [1.82, 2.24) is 0 Å². The number of aryl methyl sites for hydroxylation is 3. The van der Waals surface area contributed by atoms with Crippen LogP contribution in [0, 0.1) is 35.7 Å². The summed E-state index contributed by atoms with van der Waals surface area (Å²) >= 11 is 2.18. The van der Waals surface area contributed by atoms with Gasteiger partial charge in [0.25, 0.3) is 5.91 Å². The van der Waals surface area contributed by atoms with Crippen LogP contribution in [-0.2, 0) is 11.4 Å². The van der Waals surface area contributed by atoms with E-state index in [0.29, 0.717) is 36.0 Å². The van der Waals surface area contributed by atoms with E-state index in [1.54, 1.807) is 12.1 Å². The fourth-order valence-corrected chi connectivity index (χ4v) is 4.15. The van der Waals surface area contributed by atoms with Crippen LogP contribution in [0.25, 0.3) is 6.08 Å². The lowest BCUT2D eigenvalue weighted by molar-refractivity contribution is -0.112. The summed E-state index contributed by atoms with van der Waals surface area (Å²) in [5.74, 6) is 0.748. The van der Waals surface area contributed by atoms with Gasteiger partial charge in [-0.1, -0.05) is 35.9 Å². The molecule has 5 nitrogen and oxygen atoms in total. The van der Waals surface area contributed by atoms with Gasteiger partial charge in [-0.3, -0.25) is 4.79 Å². The minimum atomic E-state index is -0.460. The molecule has 174 valence electrons. The molecule has 1 N–H and O–H groups in total. The number of anilines is 1. The van der Waals surface area contributed by atoms with Crippen molar-refractivity contribution in [2.45, 2.75) is 34.3 Å². The molecule has 3 aromatic carbocycles. The number of benzene rings is 3. The van der Waals surface area contributed by atoms with E-state index in [9.17, 15) is 10.1 Å². The summed E-state index contributed by atoms with van der Waals surface area (Å²) in [5.41, 5.74) is 5.78. The quantitative estimate of drug-likeness (QED) is 0.186. The zero-order valence-corrected chi connectivity index (χ0v) is 21.9. The van der Waals surface area contributed by atoms with Crippen molar-refractivity contribution >= 4 is 40.3 Å². The maximum Gasteiger partial charge on any atom is 0.266 e. The van der Waals surface area contributed by atoms with Crippen molar-refractivity contribution in [3.63, 3.8) is 0 Å². The molecule has 0 heterocycles. The van der Waals surface area contributed by atoms with Gasteiger partial charge in [0.1, 0.15) is 18.2 Å². The number of carbonyl (C=O) groups is 1. The van der Waals surface area contributed by atoms with Crippen LogP contribution in [0.2, 0.25) is 0 Å². The SMILES string of the molecule is CCOc1cc(/C=C(\C#N)C(=O)Nc2ccc(C)c(C)c2)cc(I)c1OCc1cccc(C)c1. The Labute approximate surface area is 214 Å². The van der Waals surface area contributed by atoms with Gasteiger partial charge in [-0.25, -0.2) is 0 Å². The fourth-order valence-electron chi connectivity index (χ4n) is 3.36. The number of carbonyl (C=O) groups excluding carboxylic acids is 1. The normalized spacial score (nSPS) is 11.0. The van der Waals surface area contributed by atoms with Crippen LogP contribution in [0.4, 0.5) is 5.69 Å². The van der Waals surface area contributed by atoms with E-state index in [1.165, 1.54) is 5.56 Å². The van der Waals surface area contributed by atoms with Crippen LogP contribution in [-0.4, -0.2) is 12.5 Å². The standard InChI is InChI=1S/C28H27IN2O3/c1-5-33-26-15-22(14-25(29)27(26)34-17-21-8-6-7-18(2)11-21)13-23(16-30)28(32)31-24-10-9-19(3)20(4)12-24/h6-15H,5,17H2,1-4H3,(H,31,32)/b23-13+. The first-order chi connectivity index (χ1) is 16.3. The second-order valence-electron chi connectivity index (χ2n) is 7.96. The van der Waals surface area contributed by atoms with Crippen LogP contribution in [0.15, 0.2) is 60.2 Å². The van der Waals surface area contributed by atoms with Gasteiger partial charge in [-0.15, -0.1) is 0 Å². The molecule has 0 aliphatic rings. The summed E-state index contributed by atoms with van der Waals surface area (Å²) in [5, 5.41) is 12.4. The van der Waals surface area contributed by atoms with Crippen molar-refractivity contribution in [2.75, 3.05) is 11.9 Å². The molecule has 0 aromatic heterocycles. The van der Waals surface area contributed by atoms with Gasteiger partial charge in [-0.2, -0.15) is 5.26 Å². The van der Waals surface area contributed by atoms with Crippen LogP contribution < -0.4 is 14.8 Å². The number of halogens is 1. The minimum absolute atomic E-state index is 0.00454. The van der Waals surface area contributed by atoms with Crippen LogP contribution in [0.3, 0.4) is 0 Å². The Kier molecular flexibility index (Phi) is 8.72. The first kappa shape index (κ1) is 25.3. The highest BCUT2D eigenvalue weighted by molar-refractivity contribution is 14.1. The Bertz CT molecular complexity index is 1280. The Hall–Kier alpha value is -3.31. The lowest BCUT2D eigenvalue weighted by atomic mass is 10.1. The molecule has 0 spiro atoms. The van der Waals surface area contributed by atoms with Gasteiger partial charge in [0.2, 0.25) is 0 Å². The number of nitrogens with zero attached hydrogens (tertiary/aromatic N) is 1. The summed E-state index contributed by atoms with van der Waals surface area (Å²) in [6.07, 6.45) is 1.56. The Morgan fingerprint density at radius 3 is 2.53 bits per heavy atom. The highest BCUT2D eigenvalue weighted by atomic mass is 127. The van der Waals surface area contributed by atoms with Gasteiger partial charge >= 0.3 is 0 Å². The molecule has 0 unspecified atom stereocenters. The molecule has 0 saturated heterocycles. The van der Waals surface area contributed by atoms with Gasteiger partial charge in [0.05, 0.1) is 10.2 Å². The monoisotopic (exact) mass is 566 g/mol. The molecule has 0 aliphatic carbocycles. The summed E-state index contributed by atoms with van der Waals surface area (Å²) < 4.78 is 12.7. The van der Waals surface area contributed by atoms with E-state index < -0.39 is 5.91 Å². The Morgan fingerprint density at radius 2 is 1.85 bits per heavy atom. The maximum absolute atomic E-state index is 12.7. The molecular weight excluding hydrogens is 539 g/mol. The average molecular weight is 566 g/mol. The van der Waals surface area contributed by atoms with E-state index in [1.807, 2.05) is 76.2 Å². The third-order valence-corrected chi connectivity index (χ3v) is 6.04. The summed E-state index contributed by atoms with van der Waals surface area (Å²) in [4.78, 5) is 12.7. The molecule has 0 fully saturated rings. The largest absolute Gasteiger partial charge is 0.490 e. The number of hydrogen-bond donors (Lipinski definition) is 1. The molecule has 6 heteroatoms. The van der Waals surface area contributed by atoms with Crippen LogP contribution >= 0.6 is 22.6 Å². The average Bonchev–Trinajstić information content (AvgIpc) is 2.79. The second-order valence-corrected chi connectivity index (χ2v) is 9.13. The van der Waals surface area contributed by atoms with Crippen molar-refractivity contribution < 1.29 is 14.3 Å². The predicted molar refractivity (Wildman–Crippen MR) is 144 cm³/mol. The van der Waals surface area contributed by atoms with Gasteiger partial charge < -0.3 is 14.8 Å². The molecule has 3 rings (SSSR count). The molecule has 0 aliphatic heterocycles. The van der Waals surface area contributed by atoms with E-state index >= 15 is 0 Å². The lowest BCUT2D eigenvalue weighted by Crippen LogP contribution is -2.13. The third-order valence-electron chi connectivity index (χ3n) is 5.24. The predicted octanol–water partition coefficient (Wildman–Crippen LogP) is 6.74. The molecule has 0 bridgehead atoms.